The summed E-state index contributed by atoms with van der Waals surface area (Å²) in [7, 11) is -1.90. The molecule has 2 aromatic rings. The molecule has 20 heavy (non-hydrogen) atoms. The van der Waals surface area contributed by atoms with Crippen LogP contribution in [0.15, 0.2) is 53.4 Å². The Labute approximate surface area is 119 Å². The molecule has 5 heteroatoms. The summed E-state index contributed by atoms with van der Waals surface area (Å²) in [4.78, 5) is 2.05. The maximum absolute atomic E-state index is 11.8. The van der Waals surface area contributed by atoms with Gasteiger partial charge >= 0.3 is 0 Å². The minimum Gasteiger partial charge on any atom is -0.373 e. The standard InChI is InChI=1S/C15H18N2O2S/c1-3-17(2)15-13(12-8-5-4-6-9-12)10-7-11-14(15)20(16,18)19/h4-11H,3H2,1-2H3,(H2,16,18,19). The zero-order chi connectivity index (χ0) is 14.8. The van der Waals surface area contributed by atoms with Gasteiger partial charge in [-0.25, -0.2) is 13.6 Å². The second-order valence-corrected chi connectivity index (χ2v) is 6.11. The van der Waals surface area contributed by atoms with E-state index in [9.17, 15) is 8.42 Å². The Balaban J connectivity index is 2.76. The molecule has 0 aliphatic heterocycles. The van der Waals surface area contributed by atoms with Crippen LogP contribution in [0.2, 0.25) is 0 Å². The molecule has 0 aromatic heterocycles. The maximum Gasteiger partial charge on any atom is 0.240 e. The SMILES string of the molecule is CCN(C)c1c(-c2ccccc2)cccc1S(N)(=O)=O. The molecule has 0 heterocycles. The summed E-state index contributed by atoms with van der Waals surface area (Å²) in [5.41, 5.74) is 2.47. The van der Waals surface area contributed by atoms with Crippen molar-refractivity contribution in [1.82, 2.24) is 0 Å². The Hall–Kier alpha value is -1.85. The van der Waals surface area contributed by atoms with Gasteiger partial charge in [0.2, 0.25) is 10.0 Å². The molecular weight excluding hydrogens is 272 g/mol. The van der Waals surface area contributed by atoms with Gasteiger partial charge in [-0.3, -0.25) is 0 Å². The van der Waals surface area contributed by atoms with Gasteiger partial charge in [-0.05, 0) is 18.6 Å². The smallest absolute Gasteiger partial charge is 0.240 e. The largest absolute Gasteiger partial charge is 0.373 e. The molecule has 2 aromatic carbocycles. The van der Waals surface area contributed by atoms with Gasteiger partial charge in [0.1, 0.15) is 4.90 Å². The van der Waals surface area contributed by atoms with E-state index in [-0.39, 0.29) is 4.90 Å². The van der Waals surface area contributed by atoms with Gasteiger partial charge < -0.3 is 4.90 Å². The van der Waals surface area contributed by atoms with Crippen molar-refractivity contribution in [2.24, 2.45) is 5.14 Å². The van der Waals surface area contributed by atoms with Gasteiger partial charge in [-0.15, -0.1) is 0 Å². The van der Waals surface area contributed by atoms with Gasteiger partial charge in [0.15, 0.2) is 0 Å². The molecule has 0 fully saturated rings. The molecule has 0 bridgehead atoms. The molecule has 0 unspecified atom stereocenters. The Morgan fingerprint density at radius 1 is 1.05 bits per heavy atom. The van der Waals surface area contributed by atoms with E-state index in [0.29, 0.717) is 12.2 Å². The molecular formula is C15H18N2O2S. The number of anilines is 1. The number of primary sulfonamides is 1. The normalized spacial score (nSPS) is 11.3. The van der Waals surface area contributed by atoms with Crippen LogP contribution in [0.3, 0.4) is 0 Å². The van der Waals surface area contributed by atoms with Crippen LogP contribution in [0.25, 0.3) is 11.1 Å². The predicted octanol–water partition coefficient (Wildman–Crippen LogP) is 2.46. The van der Waals surface area contributed by atoms with E-state index in [0.717, 1.165) is 11.1 Å². The quantitative estimate of drug-likeness (QED) is 0.940. The van der Waals surface area contributed by atoms with E-state index in [1.165, 1.54) is 0 Å². The molecule has 0 atom stereocenters. The molecule has 0 amide bonds. The van der Waals surface area contributed by atoms with Crippen molar-refractivity contribution in [2.75, 3.05) is 18.5 Å². The monoisotopic (exact) mass is 290 g/mol. The number of nitrogens with two attached hydrogens (primary N) is 1. The molecule has 4 nitrogen and oxygen atoms in total. The van der Waals surface area contributed by atoms with Gasteiger partial charge in [-0.1, -0.05) is 42.5 Å². The lowest BCUT2D eigenvalue weighted by molar-refractivity contribution is 0.597. The molecule has 0 spiro atoms. The lowest BCUT2D eigenvalue weighted by Gasteiger charge is -2.23. The average Bonchev–Trinajstić information content (AvgIpc) is 2.45. The molecule has 106 valence electrons. The third-order valence-corrected chi connectivity index (χ3v) is 4.19. The first-order valence-corrected chi connectivity index (χ1v) is 7.92. The van der Waals surface area contributed by atoms with Gasteiger partial charge in [0, 0.05) is 19.2 Å². The minimum atomic E-state index is -3.76. The Morgan fingerprint density at radius 3 is 2.25 bits per heavy atom. The molecule has 0 radical (unpaired) electrons. The van der Waals surface area contributed by atoms with Crippen molar-refractivity contribution in [1.29, 1.82) is 0 Å². The second kappa shape index (κ2) is 5.64. The first-order chi connectivity index (χ1) is 9.45. The van der Waals surface area contributed by atoms with E-state index in [1.54, 1.807) is 12.1 Å². The Bertz CT molecular complexity index is 697. The van der Waals surface area contributed by atoms with Crippen LogP contribution in [-0.4, -0.2) is 22.0 Å². The predicted molar refractivity (Wildman–Crippen MR) is 82.2 cm³/mol. The van der Waals surface area contributed by atoms with Gasteiger partial charge in [0.05, 0.1) is 5.69 Å². The summed E-state index contributed by atoms with van der Waals surface area (Å²) in [5.74, 6) is 0. The highest BCUT2D eigenvalue weighted by Crippen LogP contribution is 2.35. The van der Waals surface area contributed by atoms with Crippen molar-refractivity contribution < 1.29 is 8.42 Å². The summed E-state index contributed by atoms with van der Waals surface area (Å²) >= 11 is 0. The van der Waals surface area contributed by atoms with Crippen molar-refractivity contribution in [2.45, 2.75) is 11.8 Å². The molecule has 0 aliphatic rings. The summed E-state index contributed by atoms with van der Waals surface area (Å²) in [5, 5.41) is 5.34. The highest BCUT2D eigenvalue weighted by Gasteiger charge is 2.20. The van der Waals surface area contributed by atoms with Crippen LogP contribution in [0, 0.1) is 0 Å². The fourth-order valence-electron chi connectivity index (χ4n) is 2.15. The van der Waals surface area contributed by atoms with Crippen LogP contribution in [0.1, 0.15) is 6.92 Å². The van der Waals surface area contributed by atoms with Crippen molar-refractivity contribution in [3.63, 3.8) is 0 Å². The number of hydrogen-bond donors (Lipinski definition) is 1. The zero-order valence-corrected chi connectivity index (χ0v) is 12.4. The highest BCUT2D eigenvalue weighted by atomic mass is 32.2. The summed E-state index contributed by atoms with van der Waals surface area (Å²) < 4.78 is 23.6. The molecule has 2 rings (SSSR count). The summed E-state index contributed by atoms with van der Waals surface area (Å²) in [6, 6.07) is 14.9. The number of benzene rings is 2. The van der Waals surface area contributed by atoms with Crippen molar-refractivity contribution >= 4 is 15.7 Å². The van der Waals surface area contributed by atoms with Gasteiger partial charge in [-0.2, -0.15) is 0 Å². The first-order valence-electron chi connectivity index (χ1n) is 6.37. The number of hydrogen-bond acceptors (Lipinski definition) is 3. The van der Waals surface area contributed by atoms with Crippen LogP contribution in [-0.2, 0) is 10.0 Å². The fourth-order valence-corrected chi connectivity index (χ4v) is 2.96. The fraction of sp³-hybridized carbons (Fsp3) is 0.200. The third-order valence-electron chi connectivity index (χ3n) is 3.25. The van der Waals surface area contributed by atoms with Gasteiger partial charge in [0.25, 0.3) is 0 Å². The Morgan fingerprint density at radius 2 is 1.70 bits per heavy atom. The summed E-state index contributed by atoms with van der Waals surface area (Å²) in [6.45, 7) is 2.65. The zero-order valence-electron chi connectivity index (χ0n) is 11.6. The maximum atomic E-state index is 11.8. The van der Waals surface area contributed by atoms with Crippen molar-refractivity contribution in [3.8, 4) is 11.1 Å². The molecule has 0 aliphatic carbocycles. The van der Waals surface area contributed by atoms with E-state index >= 15 is 0 Å². The van der Waals surface area contributed by atoms with E-state index in [1.807, 2.05) is 55.3 Å². The average molecular weight is 290 g/mol. The second-order valence-electron chi connectivity index (χ2n) is 4.58. The van der Waals surface area contributed by atoms with Crippen molar-refractivity contribution in [3.05, 3.63) is 48.5 Å². The Kier molecular flexibility index (Phi) is 4.11. The molecule has 0 saturated carbocycles. The van der Waals surface area contributed by atoms with Crippen LogP contribution < -0.4 is 10.0 Å². The summed E-state index contributed by atoms with van der Waals surface area (Å²) in [6.07, 6.45) is 0. The number of nitrogens with zero attached hydrogens (tertiary/aromatic N) is 1. The lowest BCUT2D eigenvalue weighted by Crippen LogP contribution is -2.22. The third kappa shape index (κ3) is 2.84. The number of sulfonamides is 1. The molecule has 2 N–H and O–H groups in total. The van der Waals surface area contributed by atoms with Crippen LogP contribution in [0.5, 0.6) is 0 Å². The highest BCUT2D eigenvalue weighted by molar-refractivity contribution is 7.89. The number of rotatable bonds is 4. The van der Waals surface area contributed by atoms with Crippen LogP contribution >= 0.6 is 0 Å². The van der Waals surface area contributed by atoms with E-state index < -0.39 is 10.0 Å². The lowest BCUT2D eigenvalue weighted by atomic mass is 10.0. The minimum absolute atomic E-state index is 0.156. The van der Waals surface area contributed by atoms with E-state index in [2.05, 4.69) is 0 Å². The topological polar surface area (TPSA) is 63.4 Å². The van der Waals surface area contributed by atoms with E-state index in [4.69, 9.17) is 5.14 Å². The van der Waals surface area contributed by atoms with Crippen LogP contribution in [0.4, 0.5) is 5.69 Å². The molecule has 0 saturated heterocycles. The number of para-hydroxylation sites is 1. The first kappa shape index (κ1) is 14.6.